The van der Waals surface area contributed by atoms with Crippen molar-refractivity contribution in [3.05, 3.63) is 47.8 Å². The third-order valence-electron chi connectivity index (χ3n) is 3.12. The highest BCUT2D eigenvalue weighted by Gasteiger charge is 2.04. The van der Waals surface area contributed by atoms with Crippen LogP contribution in [-0.2, 0) is 20.1 Å². The van der Waals surface area contributed by atoms with Gasteiger partial charge in [0.2, 0.25) is 0 Å². The van der Waals surface area contributed by atoms with Crippen molar-refractivity contribution in [2.24, 2.45) is 7.05 Å². The molecular weight excluding hydrogens is 236 g/mol. The number of aromatic nitrogens is 2. The van der Waals surface area contributed by atoms with Gasteiger partial charge in [-0.15, -0.1) is 0 Å². The topological polar surface area (TPSA) is 24.3 Å². The van der Waals surface area contributed by atoms with Gasteiger partial charge in [-0.05, 0) is 24.7 Å². The normalized spacial score (nSPS) is 11.0. The van der Waals surface area contributed by atoms with Crippen molar-refractivity contribution in [3.63, 3.8) is 0 Å². The molecule has 0 fully saturated rings. The number of hydrogen-bond donors (Lipinski definition) is 0. The number of rotatable bonds is 5. The smallest absolute Gasteiger partial charge is 0.0534 e. The lowest BCUT2D eigenvalue weighted by Crippen LogP contribution is -2.17. The molecule has 1 heterocycles. The fourth-order valence-electron chi connectivity index (χ4n) is 2.13. The Morgan fingerprint density at radius 1 is 1.00 bits per heavy atom. The average Bonchev–Trinajstić information content (AvgIpc) is 2.75. The van der Waals surface area contributed by atoms with Gasteiger partial charge in [0.25, 0.3) is 0 Å². The number of nitrogens with zero attached hydrogens (tertiary/aromatic N) is 4. The molecule has 4 nitrogen and oxygen atoms in total. The largest absolute Gasteiger partial charge is 0.378 e. The summed E-state index contributed by atoms with van der Waals surface area (Å²) < 4.78 is 1.84. The quantitative estimate of drug-likeness (QED) is 0.821. The van der Waals surface area contributed by atoms with E-state index in [1.54, 1.807) is 0 Å². The highest BCUT2D eigenvalue weighted by molar-refractivity contribution is 5.45. The molecule has 0 bridgehead atoms. The molecule has 0 aliphatic carbocycles. The van der Waals surface area contributed by atoms with E-state index < -0.39 is 0 Å². The molecule has 102 valence electrons. The Kier molecular flexibility index (Phi) is 4.22. The van der Waals surface area contributed by atoms with Gasteiger partial charge in [-0.1, -0.05) is 12.1 Å². The standard InChI is InChI=1S/C15H22N4/c1-17(2)15-7-5-13(6-8-15)10-18(3)11-14-9-16-19(4)12-14/h5-9,12H,10-11H2,1-4H3. The van der Waals surface area contributed by atoms with Crippen LogP contribution in [0.2, 0.25) is 0 Å². The first-order chi connectivity index (χ1) is 9.04. The van der Waals surface area contributed by atoms with E-state index in [4.69, 9.17) is 0 Å². The lowest BCUT2D eigenvalue weighted by Gasteiger charge is -2.17. The summed E-state index contributed by atoms with van der Waals surface area (Å²) in [6, 6.07) is 8.70. The van der Waals surface area contributed by atoms with Crippen LogP contribution in [0.5, 0.6) is 0 Å². The zero-order valence-corrected chi connectivity index (χ0v) is 12.2. The molecule has 0 unspecified atom stereocenters. The maximum absolute atomic E-state index is 4.19. The van der Waals surface area contributed by atoms with E-state index in [2.05, 4.69) is 66.5 Å². The Balaban J connectivity index is 1.93. The van der Waals surface area contributed by atoms with Crippen molar-refractivity contribution in [2.45, 2.75) is 13.1 Å². The van der Waals surface area contributed by atoms with Crippen LogP contribution in [0.4, 0.5) is 5.69 Å². The third-order valence-corrected chi connectivity index (χ3v) is 3.12. The van der Waals surface area contributed by atoms with Crippen LogP contribution < -0.4 is 4.90 Å². The minimum Gasteiger partial charge on any atom is -0.378 e. The van der Waals surface area contributed by atoms with Gasteiger partial charge in [-0.25, -0.2) is 0 Å². The molecule has 0 saturated heterocycles. The number of hydrogen-bond acceptors (Lipinski definition) is 3. The molecule has 0 N–H and O–H groups in total. The summed E-state index contributed by atoms with van der Waals surface area (Å²) in [6.07, 6.45) is 3.98. The molecule has 4 heteroatoms. The molecule has 19 heavy (non-hydrogen) atoms. The number of benzene rings is 1. The summed E-state index contributed by atoms with van der Waals surface area (Å²) in [5.74, 6) is 0. The fourth-order valence-corrected chi connectivity index (χ4v) is 2.13. The first-order valence-corrected chi connectivity index (χ1v) is 6.47. The Morgan fingerprint density at radius 2 is 1.63 bits per heavy atom. The summed E-state index contributed by atoms with van der Waals surface area (Å²) in [5, 5.41) is 4.19. The van der Waals surface area contributed by atoms with E-state index >= 15 is 0 Å². The van der Waals surface area contributed by atoms with Gasteiger partial charge in [0.05, 0.1) is 6.20 Å². The zero-order valence-electron chi connectivity index (χ0n) is 12.2. The first-order valence-electron chi connectivity index (χ1n) is 6.47. The molecule has 0 aliphatic rings. The molecule has 0 saturated carbocycles. The summed E-state index contributed by atoms with van der Waals surface area (Å²) in [7, 11) is 8.20. The van der Waals surface area contributed by atoms with Crippen molar-refractivity contribution in [1.82, 2.24) is 14.7 Å². The third kappa shape index (κ3) is 3.83. The zero-order chi connectivity index (χ0) is 13.8. The molecule has 1 aromatic heterocycles. The molecule has 0 spiro atoms. The SMILES string of the molecule is CN(Cc1ccc(N(C)C)cc1)Cc1cnn(C)c1. The molecule has 2 rings (SSSR count). The molecule has 2 aromatic rings. The lowest BCUT2D eigenvalue weighted by molar-refractivity contribution is 0.319. The van der Waals surface area contributed by atoms with E-state index in [0.29, 0.717) is 0 Å². The van der Waals surface area contributed by atoms with Gasteiger partial charge in [0.15, 0.2) is 0 Å². The maximum atomic E-state index is 4.19. The van der Waals surface area contributed by atoms with Crippen LogP contribution in [-0.4, -0.2) is 35.8 Å². The molecule has 0 aliphatic heterocycles. The predicted octanol–water partition coefficient (Wildman–Crippen LogP) is 2.12. The monoisotopic (exact) mass is 258 g/mol. The Bertz CT molecular complexity index is 513. The summed E-state index contributed by atoms with van der Waals surface area (Å²) in [5.41, 5.74) is 3.81. The predicted molar refractivity (Wildman–Crippen MR) is 79.1 cm³/mol. The van der Waals surface area contributed by atoms with Crippen molar-refractivity contribution >= 4 is 5.69 Å². The Morgan fingerprint density at radius 3 is 2.16 bits per heavy atom. The van der Waals surface area contributed by atoms with Crippen LogP contribution in [0, 0.1) is 0 Å². The summed E-state index contributed by atoms with van der Waals surface area (Å²) in [6.45, 7) is 1.87. The van der Waals surface area contributed by atoms with Crippen LogP contribution in [0.15, 0.2) is 36.7 Å². The minimum atomic E-state index is 0.920. The second kappa shape index (κ2) is 5.89. The Hall–Kier alpha value is -1.81. The fraction of sp³-hybridized carbons (Fsp3) is 0.400. The van der Waals surface area contributed by atoms with Crippen LogP contribution >= 0.6 is 0 Å². The summed E-state index contributed by atoms with van der Waals surface area (Å²) >= 11 is 0. The Labute approximate surface area is 115 Å². The van der Waals surface area contributed by atoms with Crippen molar-refractivity contribution < 1.29 is 0 Å². The highest BCUT2D eigenvalue weighted by atomic mass is 15.2. The van der Waals surface area contributed by atoms with E-state index in [0.717, 1.165) is 13.1 Å². The lowest BCUT2D eigenvalue weighted by atomic mass is 10.2. The second-order valence-corrected chi connectivity index (χ2v) is 5.26. The highest BCUT2D eigenvalue weighted by Crippen LogP contribution is 2.14. The van der Waals surface area contributed by atoms with Crippen molar-refractivity contribution in [3.8, 4) is 0 Å². The molecule has 1 aromatic carbocycles. The average molecular weight is 258 g/mol. The van der Waals surface area contributed by atoms with E-state index in [-0.39, 0.29) is 0 Å². The van der Waals surface area contributed by atoms with Crippen LogP contribution in [0.3, 0.4) is 0 Å². The van der Waals surface area contributed by atoms with E-state index in [9.17, 15) is 0 Å². The maximum Gasteiger partial charge on any atom is 0.0534 e. The second-order valence-electron chi connectivity index (χ2n) is 5.26. The molecule has 0 atom stereocenters. The van der Waals surface area contributed by atoms with Gasteiger partial charge >= 0.3 is 0 Å². The minimum absolute atomic E-state index is 0.920. The van der Waals surface area contributed by atoms with Gasteiger partial charge in [-0.3, -0.25) is 9.58 Å². The molecule has 0 radical (unpaired) electrons. The van der Waals surface area contributed by atoms with Gasteiger partial charge in [0.1, 0.15) is 0 Å². The van der Waals surface area contributed by atoms with Gasteiger partial charge in [-0.2, -0.15) is 5.10 Å². The molecular formula is C15H22N4. The van der Waals surface area contributed by atoms with E-state index in [1.165, 1.54) is 16.8 Å². The van der Waals surface area contributed by atoms with Gasteiger partial charge < -0.3 is 4.90 Å². The number of anilines is 1. The van der Waals surface area contributed by atoms with Gasteiger partial charge in [0, 0.05) is 51.7 Å². The molecule has 0 amide bonds. The van der Waals surface area contributed by atoms with Crippen LogP contribution in [0.1, 0.15) is 11.1 Å². The summed E-state index contributed by atoms with van der Waals surface area (Å²) in [4.78, 5) is 4.41. The number of aryl methyl sites for hydroxylation is 1. The van der Waals surface area contributed by atoms with E-state index in [1.807, 2.05) is 17.9 Å². The van der Waals surface area contributed by atoms with Crippen LogP contribution in [0.25, 0.3) is 0 Å². The first kappa shape index (κ1) is 13.6. The van der Waals surface area contributed by atoms with Crippen molar-refractivity contribution in [2.75, 3.05) is 26.0 Å². The van der Waals surface area contributed by atoms with Crippen molar-refractivity contribution in [1.29, 1.82) is 0 Å².